The second kappa shape index (κ2) is 4.07. The summed E-state index contributed by atoms with van der Waals surface area (Å²) in [5.74, 6) is 0.305. The maximum atomic E-state index is 11.8. The van der Waals surface area contributed by atoms with E-state index in [4.69, 9.17) is 0 Å². The van der Waals surface area contributed by atoms with E-state index in [-0.39, 0.29) is 6.04 Å². The monoisotopic (exact) mass is 183 g/mol. The molecule has 2 N–H and O–H groups in total. The first kappa shape index (κ1) is 8.97. The van der Waals surface area contributed by atoms with Crippen LogP contribution in [-0.2, 0) is 4.79 Å². The van der Waals surface area contributed by atoms with Crippen LogP contribution in [0.5, 0.6) is 0 Å². The number of rotatable bonds is 1. The van der Waals surface area contributed by atoms with Crippen LogP contribution in [0.15, 0.2) is 0 Å². The highest BCUT2D eigenvalue weighted by atomic mass is 16.2. The van der Waals surface area contributed by atoms with Gasteiger partial charge in [0.15, 0.2) is 0 Å². The van der Waals surface area contributed by atoms with Gasteiger partial charge in [0.05, 0.1) is 6.04 Å². The summed E-state index contributed by atoms with van der Waals surface area (Å²) in [6.45, 7) is 4.63. The summed E-state index contributed by atoms with van der Waals surface area (Å²) >= 11 is 0. The maximum Gasteiger partial charge on any atom is 0.239 e. The summed E-state index contributed by atoms with van der Waals surface area (Å²) in [6, 6.07) is 0.109. The van der Waals surface area contributed by atoms with Crippen molar-refractivity contribution in [3.05, 3.63) is 0 Å². The lowest BCUT2D eigenvalue weighted by molar-refractivity contribution is -0.133. The number of piperazine rings is 1. The fourth-order valence-corrected chi connectivity index (χ4v) is 2.00. The van der Waals surface area contributed by atoms with Gasteiger partial charge >= 0.3 is 0 Å². The predicted molar refractivity (Wildman–Crippen MR) is 50.5 cm³/mol. The summed E-state index contributed by atoms with van der Waals surface area (Å²) < 4.78 is 0. The zero-order valence-electron chi connectivity index (χ0n) is 7.88. The van der Waals surface area contributed by atoms with E-state index < -0.39 is 0 Å². The van der Waals surface area contributed by atoms with Gasteiger partial charge in [-0.15, -0.1) is 0 Å². The molecule has 0 aromatic carbocycles. The van der Waals surface area contributed by atoms with E-state index in [0.29, 0.717) is 5.91 Å². The highest BCUT2D eigenvalue weighted by molar-refractivity contribution is 5.82. The van der Waals surface area contributed by atoms with E-state index in [2.05, 4.69) is 10.6 Å². The van der Waals surface area contributed by atoms with Crippen LogP contribution < -0.4 is 10.6 Å². The van der Waals surface area contributed by atoms with Crippen LogP contribution in [0.25, 0.3) is 0 Å². The first-order valence-corrected chi connectivity index (χ1v) is 5.11. The zero-order chi connectivity index (χ0) is 9.10. The number of carbonyl (C=O) groups excluding carboxylic acids is 1. The summed E-state index contributed by atoms with van der Waals surface area (Å²) in [5, 5.41) is 6.49. The molecule has 1 unspecified atom stereocenters. The zero-order valence-corrected chi connectivity index (χ0v) is 7.88. The molecule has 1 amide bonds. The molecule has 0 aromatic rings. The Labute approximate surface area is 78.7 Å². The van der Waals surface area contributed by atoms with Gasteiger partial charge in [-0.05, 0) is 19.4 Å². The molecule has 2 heterocycles. The van der Waals surface area contributed by atoms with Gasteiger partial charge in [-0.2, -0.15) is 0 Å². The third kappa shape index (κ3) is 2.00. The number of nitrogens with one attached hydrogen (secondary N) is 2. The average molecular weight is 183 g/mol. The Bertz CT molecular complexity index is 183. The maximum absolute atomic E-state index is 11.8. The predicted octanol–water partition coefficient (Wildman–Crippen LogP) is -0.830. The second-order valence-corrected chi connectivity index (χ2v) is 3.72. The third-order valence-corrected chi connectivity index (χ3v) is 2.79. The molecule has 0 aliphatic carbocycles. The fraction of sp³-hybridized carbons (Fsp3) is 0.889. The summed E-state index contributed by atoms with van der Waals surface area (Å²) in [5.41, 5.74) is 0. The van der Waals surface area contributed by atoms with Crippen LogP contribution in [0.3, 0.4) is 0 Å². The Morgan fingerprint density at radius 1 is 1.23 bits per heavy atom. The number of hydrogen-bond donors (Lipinski definition) is 2. The standard InChI is InChI=1S/C9H17N3O/c13-9(8-2-1-3-11-8)12-6-4-10-5-7-12/h8,10-11H,1-7H2. The van der Waals surface area contributed by atoms with E-state index in [1.165, 1.54) is 0 Å². The van der Waals surface area contributed by atoms with E-state index in [1.54, 1.807) is 0 Å². The summed E-state index contributed by atoms with van der Waals surface area (Å²) in [7, 11) is 0. The average Bonchev–Trinajstić information content (AvgIpc) is 2.71. The highest BCUT2D eigenvalue weighted by Crippen LogP contribution is 2.08. The number of carbonyl (C=O) groups is 1. The van der Waals surface area contributed by atoms with Crippen LogP contribution in [0.2, 0.25) is 0 Å². The van der Waals surface area contributed by atoms with Crippen molar-refractivity contribution in [3.8, 4) is 0 Å². The van der Waals surface area contributed by atoms with Gasteiger partial charge < -0.3 is 15.5 Å². The van der Waals surface area contributed by atoms with Gasteiger partial charge in [-0.3, -0.25) is 4.79 Å². The number of hydrogen-bond acceptors (Lipinski definition) is 3. The number of nitrogens with zero attached hydrogens (tertiary/aromatic N) is 1. The van der Waals surface area contributed by atoms with Crippen molar-refractivity contribution in [2.75, 3.05) is 32.7 Å². The van der Waals surface area contributed by atoms with Crippen molar-refractivity contribution >= 4 is 5.91 Å². The van der Waals surface area contributed by atoms with Gasteiger partial charge in [0.1, 0.15) is 0 Å². The van der Waals surface area contributed by atoms with Gasteiger partial charge in [0.2, 0.25) is 5.91 Å². The minimum Gasteiger partial charge on any atom is -0.339 e. The molecule has 2 aliphatic rings. The largest absolute Gasteiger partial charge is 0.339 e. The molecule has 2 fully saturated rings. The van der Waals surface area contributed by atoms with Gasteiger partial charge in [0, 0.05) is 26.2 Å². The van der Waals surface area contributed by atoms with Crippen LogP contribution >= 0.6 is 0 Å². The lowest BCUT2D eigenvalue weighted by atomic mass is 10.2. The smallest absolute Gasteiger partial charge is 0.239 e. The molecule has 2 saturated heterocycles. The molecule has 2 rings (SSSR count). The molecule has 13 heavy (non-hydrogen) atoms. The van der Waals surface area contributed by atoms with Gasteiger partial charge in [-0.25, -0.2) is 0 Å². The quantitative estimate of drug-likeness (QED) is 0.558. The SMILES string of the molecule is O=C(C1CCCN1)N1CCNCC1. The van der Waals surface area contributed by atoms with Crippen LogP contribution in [0.4, 0.5) is 0 Å². The Balaban J connectivity index is 1.87. The molecule has 0 saturated carbocycles. The molecular weight excluding hydrogens is 166 g/mol. The minimum atomic E-state index is 0.109. The normalized spacial score (nSPS) is 29.2. The summed E-state index contributed by atoms with van der Waals surface area (Å²) in [6.07, 6.45) is 2.16. The molecule has 74 valence electrons. The molecule has 4 nitrogen and oxygen atoms in total. The van der Waals surface area contributed by atoms with Crippen LogP contribution in [-0.4, -0.2) is 49.6 Å². The van der Waals surface area contributed by atoms with Crippen molar-refractivity contribution < 1.29 is 4.79 Å². The Morgan fingerprint density at radius 3 is 2.62 bits per heavy atom. The highest BCUT2D eigenvalue weighted by Gasteiger charge is 2.27. The van der Waals surface area contributed by atoms with Crippen LogP contribution in [0.1, 0.15) is 12.8 Å². The Morgan fingerprint density at radius 2 is 2.00 bits per heavy atom. The minimum absolute atomic E-state index is 0.109. The first-order valence-electron chi connectivity index (χ1n) is 5.11. The first-order chi connectivity index (χ1) is 6.38. The topological polar surface area (TPSA) is 44.4 Å². The Hall–Kier alpha value is -0.610. The molecule has 0 aromatic heterocycles. The third-order valence-electron chi connectivity index (χ3n) is 2.79. The molecule has 1 atom stereocenters. The van der Waals surface area contributed by atoms with Crippen molar-refractivity contribution in [2.45, 2.75) is 18.9 Å². The molecule has 0 bridgehead atoms. The lowest BCUT2D eigenvalue weighted by Crippen LogP contribution is -2.51. The van der Waals surface area contributed by atoms with Crippen molar-refractivity contribution in [3.63, 3.8) is 0 Å². The fourth-order valence-electron chi connectivity index (χ4n) is 2.00. The van der Waals surface area contributed by atoms with Crippen LogP contribution in [0, 0.1) is 0 Å². The van der Waals surface area contributed by atoms with Crippen molar-refractivity contribution in [1.29, 1.82) is 0 Å². The summed E-state index contributed by atoms with van der Waals surface area (Å²) in [4.78, 5) is 13.8. The lowest BCUT2D eigenvalue weighted by Gasteiger charge is -2.29. The molecule has 0 spiro atoms. The molecule has 0 radical (unpaired) electrons. The van der Waals surface area contributed by atoms with E-state index in [0.717, 1.165) is 45.6 Å². The van der Waals surface area contributed by atoms with Gasteiger partial charge in [-0.1, -0.05) is 0 Å². The Kier molecular flexibility index (Phi) is 2.80. The van der Waals surface area contributed by atoms with Gasteiger partial charge in [0.25, 0.3) is 0 Å². The molecular formula is C9H17N3O. The second-order valence-electron chi connectivity index (χ2n) is 3.72. The van der Waals surface area contributed by atoms with E-state index in [1.807, 2.05) is 4.90 Å². The van der Waals surface area contributed by atoms with E-state index in [9.17, 15) is 4.79 Å². The van der Waals surface area contributed by atoms with Crippen molar-refractivity contribution in [1.82, 2.24) is 15.5 Å². The molecule has 2 aliphatic heterocycles. The van der Waals surface area contributed by atoms with E-state index >= 15 is 0 Å². The number of amides is 1. The van der Waals surface area contributed by atoms with Crippen molar-refractivity contribution in [2.24, 2.45) is 0 Å². The molecule has 4 heteroatoms.